The van der Waals surface area contributed by atoms with Gasteiger partial charge in [0.1, 0.15) is 12.6 Å². The highest BCUT2D eigenvalue weighted by molar-refractivity contribution is 5.85. The lowest BCUT2D eigenvalue weighted by Crippen LogP contribution is -2.49. The molecule has 18 heavy (non-hydrogen) atoms. The van der Waals surface area contributed by atoms with E-state index >= 15 is 0 Å². The summed E-state index contributed by atoms with van der Waals surface area (Å²) in [5.41, 5.74) is -0.400. The molecule has 0 aromatic carbocycles. The molecular weight excluding hydrogens is 253 g/mol. The molecule has 1 atom stereocenters. The molecule has 0 spiro atoms. The zero-order valence-corrected chi connectivity index (χ0v) is 10.4. The second-order valence-electron chi connectivity index (χ2n) is 5.10. The van der Waals surface area contributed by atoms with Crippen LogP contribution in [-0.2, 0) is 4.79 Å². The molecule has 3 N–H and O–H groups in total. The quantitative estimate of drug-likeness (QED) is 0.728. The Kier molecular flexibility index (Phi) is 5.44. The third kappa shape index (κ3) is 8.66. The van der Waals surface area contributed by atoms with Gasteiger partial charge < -0.3 is 15.7 Å². The highest BCUT2D eigenvalue weighted by Gasteiger charge is 2.31. The van der Waals surface area contributed by atoms with E-state index in [-0.39, 0.29) is 6.42 Å². The van der Waals surface area contributed by atoms with Crippen molar-refractivity contribution in [2.45, 2.75) is 39.4 Å². The van der Waals surface area contributed by atoms with Crippen LogP contribution in [0.15, 0.2) is 0 Å². The van der Waals surface area contributed by atoms with Crippen molar-refractivity contribution in [2.24, 2.45) is 5.41 Å². The van der Waals surface area contributed by atoms with Crippen LogP contribution >= 0.6 is 0 Å². The van der Waals surface area contributed by atoms with Crippen molar-refractivity contribution in [3.63, 3.8) is 0 Å². The van der Waals surface area contributed by atoms with Crippen molar-refractivity contribution in [1.29, 1.82) is 0 Å². The van der Waals surface area contributed by atoms with Crippen LogP contribution in [0.4, 0.5) is 18.0 Å². The maximum atomic E-state index is 11.9. The van der Waals surface area contributed by atoms with Gasteiger partial charge in [-0.3, -0.25) is 4.79 Å². The van der Waals surface area contributed by atoms with Gasteiger partial charge in [0, 0.05) is 0 Å². The highest BCUT2D eigenvalue weighted by Crippen LogP contribution is 2.21. The fourth-order valence-electron chi connectivity index (χ4n) is 1.28. The normalized spacial score (nSPS) is 13.9. The molecule has 0 rings (SSSR count). The molecule has 0 aliphatic carbocycles. The lowest BCUT2D eigenvalue weighted by Gasteiger charge is -2.25. The third-order valence-corrected chi connectivity index (χ3v) is 1.89. The van der Waals surface area contributed by atoms with E-state index in [1.54, 1.807) is 26.1 Å². The number of carboxylic acid groups (broad SMARTS) is 1. The standard InChI is InChI=1S/C10H17F3N2O3/c1-9(2,3)4-6(15-8(17)18)7(16)14-5-10(11,12)13/h6,15H,4-5H2,1-3H3,(H,14,16)(H,17,18). The van der Waals surface area contributed by atoms with Crippen molar-refractivity contribution in [3.8, 4) is 0 Å². The average molecular weight is 270 g/mol. The summed E-state index contributed by atoms with van der Waals surface area (Å²) in [5.74, 6) is -0.982. The van der Waals surface area contributed by atoms with E-state index in [0.717, 1.165) is 0 Å². The molecule has 2 amide bonds. The summed E-state index contributed by atoms with van der Waals surface area (Å²) in [7, 11) is 0. The third-order valence-electron chi connectivity index (χ3n) is 1.89. The first kappa shape index (κ1) is 16.5. The van der Waals surface area contributed by atoms with Crippen molar-refractivity contribution in [1.82, 2.24) is 10.6 Å². The molecule has 106 valence electrons. The minimum Gasteiger partial charge on any atom is -0.465 e. The minimum atomic E-state index is -4.52. The maximum absolute atomic E-state index is 11.9. The van der Waals surface area contributed by atoms with Crippen LogP contribution in [0.1, 0.15) is 27.2 Å². The van der Waals surface area contributed by atoms with Crippen LogP contribution in [0.2, 0.25) is 0 Å². The fourth-order valence-corrected chi connectivity index (χ4v) is 1.28. The van der Waals surface area contributed by atoms with E-state index in [0.29, 0.717) is 0 Å². The number of carbonyl (C=O) groups excluding carboxylic acids is 1. The molecule has 0 saturated heterocycles. The van der Waals surface area contributed by atoms with Crippen LogP contribution in [0.3, 0.4) is 0 Å². The number of amides is 2. The molecule has 1 unspecified atom stereocenters. The Morgan fingerprint density at radius 2 is 1.72 bits per heavy atom. The van der Waals surface area contributed by atoms with E-state index in [9.17, 15) is 22.8 Å². The second kappa shape index (κ2) is 5.92. The summed E-state index contributed by atoms with van der Waals surface area (Å²) in [4.78, 5) is 22.0. The molecular formula is C10H17F3N2O3. The first-order valence-electron chi connectivity index (χ1n) is 5.25. The minimum absolute atomic E-state index is 0.100. The van der Waals surface area contributed by atoms with Gasteiger partial charge in [-0.1, -0.05) is 20.8 Å². The topological polar surface area (TPSA) is 78.4 Å². The van der Waals surface area contributed by atoms with Gasteiger partial charge >= 0.3 is 12.3 Å². The lowest BCUT2D eigenvalue weighted by molar-refractivity contribution is -0.139. The van der Waals surface area contributed by atoms with Gasteiger partial charge in [-0.2, -0.15) is 13.2 Å². The van der Waals surface area contributed by atoms with Crippen LogP contribution in [0.5, 0.6) is 0 Å². The van der Waals surface area contributed by atoms with Gasteiger partial charge in [0.15, 0.2) is 0 Å². The predicted octanol–water partition coefficient (Wildman–Crippen LogP) is 1.74. The van der Waals surface area contributed by atoms with Gasteiger partial charge in [-0.15, -0.1) is 0 Å². The Balaban J connectivity index is 4.55. The van der Waals surface area contributed by atoms with Crippen LogP contribution in [0.25, 0.3) is 0 Å². The number of hydrogen-bond acceptors (Lipinski definition) is 2. The van der Waals surface area contributed by atoms with Crippen LogP contribution in [0, 0.1) is 5.41 Å². The van der Waals surface area contributed by atoms with E-state index < -0.39 is 36.2 Å². The zero-order chi connectivity index (χ0) is 14.6. The number of alkyl halides is 3. The Morgan fingerprint density at radius 1 is 1.22 bits per heavy atom. The molecule has 0 bridgehead atoms. The summed E-state index contributed by atoms with van der Waals surface area (Å²) in [5, 5.41) is 12.1. The van der Waals surface area contributed by atoms with E-state index in [1.807, 2.05) is 5.32 Å². The van der Waals surface area contributed by atoms with Gasteiger partial charge in [-0.25, -0.2) is 4.79 Å². The molecule has 0 aromatic heterocycles. The largest absolute Gasteiger partial charge is 0.465 e. The van der Waals surface area contributed by atoms with Crippen LogP contribution in [-0.4, -0.2) is 35.9 Å². The molecule has 0 aromatic rings. The molecule has 5 nitrogen and oxygen atoms in total. The molecule has 0 radical (unpaired) electrons. The zero-order valence-electron chi connectivity index (χ0n) is 10.4. The smallest absolute Gasteiger partial charge is 0.405 e. The number of hydrogen-bond donors (Lipinski definition) is 3. The SMILES string of the molecule is CC(C)(C)CC(NC(=O)O)C(=O)NCC(F)(F)F. The molecule has 0 aliphatic rings. The Bertz CT molecular complexity index is 310. The Labute approximate surface area is 103 Å². The second-order valence-corrected chi connectivity index (χ2v) is 5.10. The number of rotatable bonds is 4. The van der Waals surface area contributed by atoms with E-state index in [4.69, 9.17) is 5.11 Å². The lowest BCUT2D eigenvalue weighted by atomic mass is 9.88. The van der Waals surface area contributed by atoms with Crippen molar-refractivity contribution in [2.75, 3.05) is 6.54 Å². The van der Waals surface area contributed by atoms with Crippen molar-refractivity contribution in [3.05, 3.63) is 0 Å². The molecule has 0 saturated carbocycles. The monoisotopic (exact) mass is 270 g/mol. The number of halogens is 3. The summed E-state index contributed by atoms with van der Waals surface area (Å²) >= 11 is 0. The Hall–Kier alpha value is -1.47. The molecule has 0 aliphatic heterocycles. The summed E-state index contributed by atoms with van der Waals surface area (Å²) < 4.78 is 35.8. The Morgan fingerprint density at radius 3 is 2.06 bits per heavy atom. The molecule has 8 heteroatoms. The summed E-state index contributed by atoms with van der Waals surface area (Å²) in [6.45, 7) is 3.77. The van der Waals surface area contributed by atoms with Crippen molar-refractivity contribution < 1.29 is 27.9 Å². The summed E-state index contributed by atoms with van der Waals surface area (Å²) in [6.07, 6.45) is -5.87. The van der Waals surface area contributed by atoms with Gasteiger partial charge in [-0.05, 0) is 11.8 Å². The highest BCUT2D eigenvalue weighted by atomic mass is 19.4. The van der Waals surface area contributed by atoms with E-state index in [2.05, 4.69) is 0 Å². The van der Waals surface area contributed by atoms with Gasteiger partial charge in [0.05, 0.1) is 0 Å². The number of carbonyl (C=O) groups is 2. The van der Waals surface area contributed by atoms with Gasteiger partial charge in [0.2, 0.25) is 5.91 Å². The van der Waals surface area contributed by atoms with Crippen LogP contribution < -0.4 is 10.6 Å². The maximum Gasteiger partial charge on any atom is 0.405 e. The summed E-state index contributed by atoms with van der Waals surface area (Å²) in [6, 6.07) is -1.20. The van der Waals surface area contributed by atoms with Crippen molar-refractivity contribution >= 4 is 12.0 Å². The average Bonchev–Trinajstić information content (AvgIpc) is 2.08. The predicted molar refractivity (Wildman–Crippen MR) is 58.1 cm³/mol. The first-order chi connectivity index (χ1) is 7.91. The van der Waals surface area contributed by atoms with Gasteiger partial charge in [0.25, 0.3) is 0 Å². The first-order valence-corrected chi connectivity index (χ1v) is 5.25. The molecule has 0 heterocycles. The number of nitrogens with one attached hydrogen (secondary N) is 2. The molecule has 0 fully saturated rings. The van der Waals surface area contributed by atoms with E-state index in [1.165, 1.54) is 0 Å². The fraction of sp³-hybridized carbons (Fsp3) is 0.800.